The zero-order valence-corrected chi connectivity index (χ0v) is 16.7. The third-order valence-corrected chi connectivity index (χ3v) is 3.14. The van der Waals surface area contributed by atoms with Crippen LogP contribution in [0, 0.1) is 0 Å². The van der Waals surface area contributed by atoms with E-state index in [0.29, 0.717) is 33.0 Å². The summed E-state index contributed by atoms with van der Waals surface area (Å²) in [6, 6.07) is 0. The normalized spacial score (nSPS) is 14.5. The molecule has 0 amide bonds. The van der Waals surface area contributed by atoms with E-state index >= 15 is 0 Å². The quantitative estimate of drug-likeness (QED) is 0.401. The van der Waals surface area contributed by atoms with Crippen molar-refractivity contribution in [1.29, 1.82) is 0 Å². The lowest BCUT2D eigenvalue weighted by atomic mass is 10.4. The predicted octanol–water partition coefficient (Wildman–Crippen LogP) is 1.64. The second-order valence-corrected chi connectivity index (χ2v) is 5.82. The molecule has 3 unspecified atom stereocenters. The van der Waals surface area contributed by atoms with Crippen molar-refractivity contribution in [3.63, 3.8) is 0 Å². The molecule has 0 spiro atoms. The number of hydrogen-bond acceptors (Lipinski definition) is 7. The molecule has 0 radical (unpaired) electrons. The number of aliphatic hydroxyl groups is 2. The molecule has 25 heavy (non-hydrogen) atoms. The highest BCUT2D eigenvalue weighted by Gasteiger charge is 2.08. The summed E-state index contributed by atoms with van der Waals surface area (Å²) < 4.78 is 26.0. The minimum atomic E-state index is -0.124. The van der Waals surface area contributed by atoms with E-state index in [9.17, 15) is 0 Å². The lowest BCUT2D eigenvalue weighted by Gasteiger charge is -2.18. The summed E-state index contributed by atoms with van der Waals surface area (Å²) in [5.41, 5.74) is 0. The molecule has 2 N–H and O–H groups in total. The SMILES string of the molecule is CCCCOCCOCCO.COC(C)COC(C)COC(C)CO. The van der Waals surface area contributed by atoms with Crippen LogP contribution in [0.1, 0.15) is 40.5 Å². The van der Waals surface area contributed by atoms with Crippen LogP contribution in [0.3, 0.4) is 0 Å². The average Bonchev–Trinajstić information content (AvgIpc) is 2.63. The molecule has 0 aromatic carbocycles. The third kappa shape index (κ3) is 23.7. The topological polar surface area (TPSA) is 86.6 Å². The van der Waals surface area contributed by atoms with E-state index in [1.54, 1.807) is 7.11 Å². The van der Waals surface area contributed by atoms with E-state index in [0.717, 1.165) is 19.4 Å². The molecule has 0 rings (SSSR count). The van der Waals surface area contributed by atoms with Gasteiger partial charge in [-0.25, -0.2) is 0 Å². The fourth-order valence-corrected chi connectivity index (χ4v) is 1.40. The summed E-state index contributed by atoms with van der Waals surface area (Å²) >= 11 is 0. The van der Waals surface area contributed by atoms with E-state index < -0.39 is 0 Å². The van der Waals surface area contributed by atoms with Gasteiger partial charge in [-0.15, -0.1) is 0 Å². The monoisotopic (exact) mass is 368 g/mol. The van der Waals surface area contributed by atoms with Crippen LogP contribution in [0.4, 0.5) is 0 Å². The van der Waals surface area contributed by atoms with Crippen molar-refractivity contribution in [3.05, 3.63) is 0 Å². The number of methoxy groups -OCH3 is 1. The molecule has 0 aromatic rings. The Morgan fingerprint density at radius 1 is 0.760 bits per heavy atom. The van der Waals surface area contributed by atoms with Gasteiger partial charge in [-0.05, 0) is 27.2 Å². The molecule has 0 aliphatic rings. The van der Waals surface area contributed by atoms with Gasteiger partial charge in [-0.1, -0.05) is 13.3 Å². The molecule has 0 saturated heterocycles. The second kappa shape index (κ2) is 21.8. The van der Waals surface area contributed by atoms with Crippen LogP contribution >= 0.6 is 0 Å². The lowest BCUT2D eigenvalue weighted by Crippen LogP contribution is -2.25. The largest absolute Gasteiger partial charge is 0.394 e. The maximum absolute atomic E-state index is 8.72. The Kier molecular flexibility index (Phi) is 23.5. The molecular formula is C18H40O7. The maximum atomic E-state index is 8.72. The van der Waals surface area contributed by atoms with Crippen molar-refractivity contribution in [3.8, 4) is 0 Å². The third-order valence-electron chi connectivity index (χ3n) is 3.14. The second-order valence-electron chi connectivity index (χ2n) is 5.82. The summed E-state index contributed by atoms with van der Waals surface area (Å²) in [6.07, 6.45) is 2.28. The first-order valence-corrected chi connectivity index (χ1v) is 9.14. The van der Waals surface area contributed by atoms with Crippen LogP contribution in [-0.4, -0.2) is 88.5 Å². The van der Waals surface area contributed by atoms with E-state index in [-0.39, 0.29) is 31.5 Å². The summed E-state index contributed by atoms with van der Waals surface area (Å²) in [5, 5.41) is 17.1. The van der Waals surface area contributed by atoms with Crippen molar-refractivity contribution in [1.82, 2.24) is 0 Å². The van der Waals surface area contributed by atoms with Crippen molar-refractivity contribution in [2.75, 3.05) is 60.0 Å². The summed E-state index contributed by atoms with van der Waals surface area (Å²) in [4.78, 5) is 0. The maximum Gasteiger partial charge on any atom is 0.0781 e. The van der Waals surface area contributed by atoms with E-state index in [2.05, 4.69) is 6.92 Å². The minimum absolute atomic E-state index is 0.0293. The van der Waals surface area contributed by atoms with Gasteiger partial charge < -0.3 is 33.9 Å². The molecule has 0 aliphatic carbocycles. The van der Waals surface area contributed by atoms with Crippen LogP contribution in [0.5, 0.6) is 0 Å². The molecule has 3 atom stereocenters. The number of aliphatic hydroxyl groups excluding tert-OH is 2. The van der Waals surface area contributed by atoms with Gasteiger partial charge in [-0.3, -0.25) is 0 Å². The highest BCUT2D eigenvalue weighted by Crippen LogP contribution is 1.98. The average molecular weight is 369 g/mol. The molecule has 7 nitrogen and oxygen atoms in total. The van der Waals surface area contributed by atoms with Crippen LogP contribution in [0.2, 0.25) is 0 Å². The zero-order chi connectivity index (χ0) is 19.3. The van der Waals surface area contributed by atoms with Gasteiger partial charge in [0.15, 0.2) is 0 Å². The van der Waals surface area contributed by atoms with E-state index in [1.165, 1.54) is 0 Å². The zero-order valence-electron chi connectivity index (χ0n) is 16.7. The highest BCUT2D eigenvalue weighted by molar-refractivity contribution is 4.53. The summed E-state index contributed by atoms with van der Waals surface area (Å²) in [6.45, 7) is 11.5. The Hall–Kier alpha value is -0.280. The first-order valence-electron chi connectivity index (χ1n) is 9.14. The fraction of sp³-hybridized carbons (Fsp3) is 1.00. The lowest BCUT2D eigenvalue weighted by molar-refractivity contribution is -0.0677. The Morgan fingerprint density at radius 3 is 1.84 bits per heavy atom. The van der Waals surface area contributed by atoms with Crippen LogP contribution in [-0.2, 0) is 23.7 Å². The van der Waals surface area contributed by atoms with Crippen molar-refractivity contribution >= 4 is 0 Å². The van der Waals surface area contributed by atoms with Gasteiger partial charge in [-0.2, -0.15) is 0 Å². The van der Waals surface area contributed by atoms with Crippen molar-refractivity contribution in [2.45, 2.75) is 58.8 Å². The van der Waals surface area contributed by atoms with Crippen LogP contribution < -0.4 is 0 Å². The molecule has 0 fully saturated rings. The van der Waals surface area contributed by atoms with Crippen molar-refractivity contribution in [2.24, 2.45) is 0 Å². The van der Waals surface area contributed by atoms with Gasteiger partial charge in [0.1, 0.15) is 0 Å². The summed E-state index contributed by atoms with van der Waals surface area (Å²) in [7, 11) is 1.66. The molecule has 0 saturated carbocycles. The Bertz CT molecular complexity index is 219. The first kappa shape index (κ1) is 26.9. The van der Waals surface area contributed by atoms with E-state index in [1.807, 2.05) is 20.8 Å². The molecule has 0 bridgehead atoms. The predicted molar refractivity (Wildman–Crippen MR) is 98.0 cm³/mol. The van der Waals surface area contributed by atoms with E-state index in [4.69, 9.17) is 33.9 Å². The number of unbranched alkanes of at least 4 members (excludes halogenated alkanes) is 1. The molecular weight excluding hydrogens is 328 g/mol. The van der Waals surface area contributed by atoms with Gasteiger partial charge in [0.2, 0.25) is 0 Å². The molecule has 0 aliphatic heterocycles. The highest BCUT2D eigenvalue weighted by atomic mass is 16.6. The molecule has 7 heteroatoms. The fourth-order valence-electron chi connectivity index (χ4n) is 1.40. The minimum Gasteiger partial charge on any atom is -0.394 e. The van der Waals surface area contributed by atoms with Crippen molar-refractivity contribution < 1.29 is 33.9 Å². The molecule has 0 aromatic heterocycles. The first-order chi connectivity index (χ1) is 12.0. The van der Waals surface area contributed by atoms with Gasteiger partial charge in [0.25, 0.3) is 0 Å². The number of ether oxygens (including phenoxy) is 5. The summed E-state index contributed by atoms with van der Waals surface area (Å²) in [5.74, 6) is 0. The van der Waals surface area contributed by atoms with Crippen LogP contribution in [0.25, 0.3) is 0 Å². The standard InChI is InChI=1S/C10H22O4.C8H18O3/c1-8(5-11)13-7-10(3)14-6-9(2)12-4;1-2-3-5-10-7-8-11-6-4-9/h8-11H,5-7H2,1-4H3;9H,2-8H2,1H3. The Balaban J connectivity index is 0. The van der Waals surface area contributed by atoms with Crippen LogP contribution in [0.15, 0.2) is 0 Å². The number of rotatable bonds is 16. The van der Waals surface area contributed by atoms with Gasteiger partial charge in [0, 0.05) is 13.7 Å². The number of hydrogen-bond donors (Lipinski definition) is 2. The Labute approximate surface area is 153 Å². The van der Waals surface area contributed by atoms with Gasteiger partial charge in [0.05, 0.1) is 64.6 Å². The van der Waals surface area contributed by atoms with Gasteiger partial charge >= 0.3 is 0 Å². The molecule has 154 valence electrons. The Morgan fingerprint density at radius 2 is 1.32 bits per heavy atom. The molecule has 0 heterocycles. The smallest absolute Gasteiger partial charge is 0.0781 e.